The highest BCUT2D eigenvalue weighted by Crippen LogP contribution is 2.27. The smallest absolute Gasteiger partial charge is 0.229 e. The van der Waals surface area contributed by atoms with E-state index in [1.807, 2.05) is 11.8 Å². The van der Waals surface area contributed by atoms with Gasteiger partial charge in [-0.25, -0.2) is 4.98 Å². The molecule has 0 bridgehead atoms. The number of hydrogen-bond donors (Lipinski definition) is 0. The molecular formula is C11H16N4O2S. The molecule has 0 saturated carbocycles. The van der Waals surface area contributed by atoms with Crippen LogP contribution in [0.15, 0.2) is 0 Å². The first kappa shape index (κ1) is 11.9. The van der Waals surface area contributed by atoms with E-state index in [1.54, 1.807) is 0 Å². The van der Waals surface area contributed by atoms with Crippen LogP contribution in [0.3, 0.4) is 0 Å². The van der Waals surface area contributed by atoms with Crippen molar-refractivity contribution in [3.63, 3.8) is 0 Å². The molecule has 6 nitrogen and oxygen atoms in total. The van der Waals surface area contributed by atoms with Crippen molar-refractivity contribution < 1.29 is 9.53 Å². The van der Waals surface area contributed by atoms with Crippen molar-refractivity contribution in [2.24, 2.45) is 5.92 Å². The predicted molar refractivity (Wildman–Crippen MR) is 67.7 cm³/mol. The summed E-state index contributed by atoms with van der Waals surface area (Å²) in [5.74, 6) is 1.18. The number of carbonyl (C=O) groups excluding carboxylic acids is 1. The number of morpholine rings is 1. The first-order chi connectivity index (χ1) is 8.74. The van der Waals surface area contributed by atoms with E-state index >= 15 is 0 Å². The molecule has 3 heterocycles. The lowest BCUT2D eigenvalue weighted by molar-refractivity contribution is -0.140. The Labute approximate surface area is 110 Å². The monoisotopic (exact) mass is 268 g/mol. The molecule has 0 N–H and O–H groups in total. The summed E-state index contributed by atoms with van der Waals surface area (Å²) in [4.78, 5) is 20.5. The molecule has 0 spiro atoms. The third-order valence-corrected chi connectivity index (χ3v) is 4.21. The summed E-state index contributed by atoms with van der Waals surface area (Å²) >= 11 is 1.40. The van der Waals surface area contributed by atoms with E-state index in [0.717, 1.165) is 37.1 Å². The van der Waals surface area contributed by atoms with Crippen LogP contribution in [0.4, 0.5) is 5.13 Å². The molecule has 1 amide bonds. The molecule has 2 aliphatic heterocycles. The van der Waals surface area contributed by atoms with E-state index in [0.29, 0.717) is 13.2 Å². The molecule has 3 rings (SSSR count). The van der Waals surface area contributed by atoms with Crippen LogP contribution in [-0.4, -0.2) is 59.6 Å². The zero-order valence-electron chi connectivity index (χ0n) is 10.3. The van der Waals surface area contributed by atoms with Gasteiger partial charge in [0.25, 0.3) is 0 Å². The number of hydrogen-bond acceptors (Lipinski definition) is 6. The van der Waals surface area contributed by atoms with E-state index in [1.165, 1.54) is 11.5 Å². The number of ether oxygens (including phenoxy) is 1. The van der Waals surface area contributed by atoms with Crippen LogP contribution >= 0.6 is 11.5 Å². The third kappa shape index (κ3) is 2.20. The molecule has 2 saturated heterocycles. The third-order valence-electron chi connectivity index (χ3n) is 3.34. The van der Waals surface area contributed by atoms with Crippen molar-refractivity contribution in [3.8, 4) is 0 Å². The highest BCUT2D eigenvalue weighted by Gasteiger charge is 2.37. The van der Waals surface area contributed by atoms with Gasteiger partial charge in [-0.15, -0.1) is 0 Å². The molecule has 18 heavy (non-hydrogen) atoms. The summed E-state index contributed by atoms with van der Waals surface area (Å²) in [6.45, 7) is 6.21. The molecule has 7 heteroatoms. The average Bonchev–Trinajstić information content (AvgIpc) is 2.75. The van der Waals surface area contributed by atoms with Gasteiger partial charge in [0.1, 0.15) is 5.82 Å². The number of aromatic nitrogens is 2. The van der Waals surface area contributed by atoms with Crippen LogP contribution in [0.1, 0.15) is 5.82 Å². The Bertz CT molecular complexity index is 438. The predicted octanol–water partition coefficient (Wildman–Crippen LogP) is 0.142. The lowest BCUT2D eigenvalue weighted by atomic mass is 9.99. The van der Waals surface area contributed by atoms with Gasteiger partial charge in [0.2, 0.25) is 11.0 Å². The number of anilines is 1. The van der Waals surface area contributed by atoms with Gasteiger partial charge in [-0.05, 0) is 6.92 Å². The number of amides is 1. The maximum absolute atomic E-state index is 12.2. The largest absolute Gasteiger partial charge is 0.378 e. The van der Waals surface area contributed by atoms with Gasteiger partial charge in [0.05, 0.1) is 19.1 Å². The quantitative estimate of drug-likeness (QED) is 0.763. The topological polar surface area (TPSA) is 58.6 Å². The standard InChI is InChI=1S/C11H16N4O2S/c1-8-12-11(18-13-8)15-6-9(7-15)10(16)14-2-4-17-5-3-14/h9H,2-7H2,1H3. The Morgan fingerprint density at radius 2 is 2.11 bits per heavy atom. The van der Waals surface area contributed by atoms with E-state index in [-0.39, 0.29) is 11.8 Å². The normalized spacial score (nSPS) is 20.9. The first-order valence-corrected chi connectivity index (χ1v) is 6.93. The second-order valence-electron chi connectivity index (χ2n) is 4.66. The molecular weight excluding hydrogens is 252 g/mol. The van der Waals surface area contributed by atoms with E-state index in [4.69, 9.17) is 4.74 Å². The van der Waals surface area contributed by atoms with Crippen molar-refractivity contribution >= 4 is 22.6 Å². The van der Waals surface area contributed by atoms with E-state index in [9.17, 15) is 4.79 Å². The van der Waals surface area contributed by atoms with Crippen molar-refractivity contribution in [2.75, 3.05) is 44.3 Å². The first-order valence-electron chi connectivity index (χ1n) is 6.16. The Morgan fingerprint density at radius 3 is 2.72 bits per heavy atom. The molecule has 0 atom stereocenters. The molecule has 0 radical (unpaired) electrons. The Kier molecular flexibility index (Phi) is 3.17. The number of aryl methyl sites for hydroxylation is 1. The SMILES string of the molecule is Cc1nsc(N2CC(C(=O)N3CCOCC3)C2)n1. The van der Waals surface area contributed by atoms with Gasteiger partial charge >= 0.3 is 0 Å². The fraction of sp³-hybridized carbons (Fsp3) is 0.727. The zero-order valence-corrected chi connectivity index (χ0v) is 11.2. The van der Waals surface area contributed by atoms with Gasteiger partial charge in [-0.1, -0.05) is 0 Å². The molecule has 98 valence electrons. The van der Waals surface area contributed by atoms with Gasteiger partial charge < -0.3 is 14.5 Å². The minimum atomic E-state index is 0.118. The summed E-state index contributed by atoms with van der Waals surface area (Å²) in [5, 5.41) is 0.929. The fourth-order valence-electron chi connectivity index (χ4n) is 2.25. The number of nitrogens with zero attached hydrogens (tertiary/aromatic N) is 4. The highest BCUT2D eigenvalue weighted by atomic mass is 32.1. The second kappa shape index (κ2) is 4.81. The van der Waals surface area contributed by atoms with Crippen LogP contribution in [-0.2, 0) is 9.53 Å². The van der Waals surface area contributed by atoms with E-state index < -0.39 is 0 Å². The zero-order chi connectivity index (χ0) is 12.5. The molecule has 2 aliphatic rings. The van der Waals surface area contributed by atoms with Crippen LogP contribution in [0.25, 0.3) is 0 Å². The van der Waals surface area contributed by atoms with Gasteiger partial charge in [0, 0.05) is 37.7 Å². The summed E-state index contributed by atoms with van der Waals surface area (Å²) in [7, 11) is 0. The second-order valence-corrected chi connectivity index (χ2v) is 5.39. The van der Waals surface area contributed by atoms with Crippen molar-refractivity contribution in [1.82, 2.24) is 14.3 Å². The highest BCUT2D eigenvalue weighted by molar-refractivity contribution is 7.09. The average molecular weight is 268 g/mol. The van der Waals surface area contributed by atoms with Crippen LogP contribution in [0.2, 0.25) is 0 Å². The lowest BCUT2D eigenvalue weighted by Gasteiger charge is -2.41. The Balaban J connectivity index is 1.53. The summed E-state index contributed by atoms with van der Waals surface area (Å²) in [5.41, 5.74) is 0. The lowest BCUT2D eigenvalue weighted by Crippen LogP contribution is -2.56. The fourth-order valence-corrected chi connectivity index (χ4v) is 2.94. The number of rotatable bonds is 2. The van der Waals surface area contributed by atoms with Crippen LogP contribution < -0.4 is 4.90 Å². The molecule has 0 aliphatic carbocycles. The van der Waals surface area contributed by atoms with Crippen LogP contribution in [0.5, 0.6) is 0 Å². The van der Waals surface area contributed by atoms with Gasteiger partial charge in [-0.2, -0.15) is 4.37 Å². The number of carbonyl (C=O) groups is 1. The van der Waals surface area contributed by atoms with Crippen molar-refractivity contribution in [2.45, 2.75) is 6.92 Å². The summed E-state index contributed by atoms with van der Waals surface area (Å²) < 4.78 is 9.41. The minimum Gasteiger partial charge on any atom is -0.378 e. The van der Waals surface area contributed by atoms with E-state index in [2.05, 4.69) is 14.3 Å². The molecule has 1 aromatic heterocycles. The summed E-state index contributed by atoms with van der Waals surface area (Å²) in [6.07, 6.45) is 0. The maximum Gasteiger partial charge on any atom is 0.229 e. The van der Waals surface area contributed by atoms with Crippen molar-refractivity contribution in [3.05, 3.63) is 5.82 Å². The molecule has 0 aromatic carbocycles. The maximum atomic E-state index is 12.2. The molecule has 0 unspecified atom stereocenters. The van der Waals surface area contributed by atoms with Crippen molar-refractivity contribution in [1.29, 1.82) is 0 Å². The molecule has 2 fully saturated rings. The van der Waals surface area contributed by atoms with Crippen LogP contribution in [0, 0.1) is 12.8 Å². The Hall–Kier alpha value is -1.21. The minimum absolute atomic E-state index is 0.118. The summed E-state index contributed by atoms with van der Waals surface area (Å²) in [6, 6.07) is 0. The van der Waals surface area contributed by atoms with Gasteiger partial charge in [0.15, 0.2) is 0 Å². The Morgan fingerprint density at radius 1 is 1.39 bits per heavy atom. The van der Waals surface area contributed by atoms with Gasteiger partial charge in [-0.3, -0.25) is 4.79 Å². The molecule has 1 aromatic rings.